The van der Waals surface area contributed by atoms with Crippen molar-refractivity contribution in [3.8, 4) is 0 Å². The highest BCUT2D eigenvalue weighted by molar-refractivity contribution is 5.96. The van der Waals surface area contributed by atoms with Crippen LogP contribution in [0.25, 0.3) is 0 Å². The molecule has 104 valence electrons. The maximum Gasteiger partial charge on any atom is 0.191 e. The lowest BCUT2D eigenvalue weighted by Gasteiger charge is -2.05. The molecule has 1 aromatic heterocycles. The zero-order valence-corrected chi connectivity index (χ0v) is 11.1. The maximum absolute atomic E-state index is 13.0. The van der Waals surface area contributed by atoms with E-state index in [0.29, 0.717) is 24.2 Å². The van der Waals surface area contributed by atoms with Gasteiger partial charge in [0.1, 0.15) is 18.2 Å². The fourth-order valence-electron chi connectivity index (χ4n) is 1.91. The number of aryl methyl sites for hydroxylation is 3. The molecule has 0 fully saturated rings. The van der Waals surface area contributed by atoms with E-state index in [4.69, 9.17) is 5.11 Å². The number of Topliss-reactive ketones (excluding diaryl/α,β-unsaturated/α-hetero) is 1. The fourth-order valence-corrected chi connectivity index (χ4v) is 1.91. The third-order valence-electron chi connectivity index (χ3n) is 3.09. The molecule has 2 rings (SSSR count). The van der Waals surface area contributed by atoms with Crippen LogP contribution in [0.2, 0.25) is 0 Å². The molecular formula is C15H15FN2O2. The van der Waals surface area contributed by atoms with Crippen molar-refractivity contribution in [2.75, 3.05) is 6.61 Å². The molecule has 0 aliphatic heterocycles. The van der Waals surface area contributed by atoms with E-state index in [1.165, 1.54) is 24.5 Å². The fraction of sp³-hybridized carbons (Fsp3) is 0.267. The Hall–Kier alpha value is -2.14. The average molecular weight is 274 g/mol. The lowest BCUT2D eigenvalue weighted by atomic mass is 10.0. The molecule has 1 N–H and O–H groups in total. The first-order valence-corrected chi connectivity index (χ1v) is 6.30. The lowest BCUT2D eigenvalue weighted by Crippen LogP contribution is -2.07. The van der Waals surface area contributed by atoms with Gasteiger partial charge in [-0.15, -0.1) is 0 Å². The van der Waals surface area contributed by atoms with Crippen molar-refractivity contribution in [2.24, 2.45) is 0 Å². The van der Waals surface area contributed by atoms with Gasteiger partial charge >= 0.3 is 0 Å². The van der Waals surface area contributed by atoms with E-state index in [9.17, 15) is 9.18 Å². The number of aliphatic hydroxyl groups is 1. The topological polar surface area (TPSA) is 63.1 Å². The molecular weight excluding hydrogens is 259 g/mol. The molecule has 0 amide bonds. The second kappa shape index (κ2) is 6.34. The molecule has 0 spiro atoms. The molecule has 1 heterocycles. The number of aliphatic hydroxyl groups excluding tert-OH is 1. The van der Waals surface area contributed by atoms with Gasteiger partial charge in [-0.3, -0.25) is 4.79 Å². The number of carbonyl (C=O) groups is 1. The molecule has 0 aliphatic carbocycles. The second-order valence-electron chi connectivity index (χ2n) is 4.54. The molecule has 1 aromatic carbocycles. The third-order valence-corrected chi connectivity index (χ3v) is 3.09. The molecule has 0 aliphatic rings. The lowest BCUT2D eigenvalue weighted by molar-refractivity contribution is 0.0903. The predicted molar refractivity (Wildman–Crippen MR) is 72.0 cm³/mol. The van der Waals surface area contributed by atoms with Crippen molar-refractivity contribution < 1.29 is 14.3 Å². The van der Waals surface area contributed by atoms with E-state index >= 15 is 0 Å². The van der Waals surface area contributed by atoms with Gasteiger partial charge in [-0.25, -0.2) is 14.4 Å². The van der Waals surface area contributed by atoms with Crippen LogP contribution in [-0.2, 0) is 12.8 Å². The maximum atomic E-state index is 13.0. The number of carbonyl (C=O) groups excluding carboxylic acids is 1. The summed E-state index contributed by atoms with van der Waals surface area (Å²) in [4.78, 5) is 19.4. The summed E-state index contributed by atoms with van der Waals surface area (Å²) < 4.78 is 13.0. The average Bonchev–Trinajstić information content (AvgIpc) is 2.46. The monoisotopic (exact) mass is 274 g/mol. The first-order chi connectivity index (χ1) is 9.60. The Morgan fingerprint density at radius 3 is 2.55 bits per heavy atom. The normalized spacial score (nSPS) is 10.6. The van der Waals surface area contributed by atoms with Gasteiger partial charge in [-0.2, -0.15) is 0 Å². The number of aromatic nitrogens is 2. The van der Waals surface area contributed by atoms with Crippen molar-refractivity contribution in [1.82, 2.24) is 9.97 Å². The Balaban J connectivity index is 2.02. The zero-order valence-electron chi connectivity index (χ0n) is 11.1. The van der Waals surface area contributed by atoms with E-state index in [0.717, 1.165) is 11.1 Å². The number of halogens is 1. The summed E-state index contributed by atoms with van der Waals surface area (Å²) in [5.74, 6) is -0.0245. The number of rotatable bonds is 5. The van der Waals surface area contributed by atoms with Crippen molar-refractivity contribution >= 4 is 5.78 Å². The van der Waals surface area contributed by atoms with Gasteiger partial charge in [0.05, 0.1) is 5.56 Å². The van der Waals surface area contributed by atoms with Crippen molar-refractivity contribution in [3.63, 3.8) is 0 Å². The molecule has 0 saturated carbocycles. The van der Waals surface area contributed by atoms with Crippen molar-refractivity contribution in [2.45, 2.75) is 19.8 Å². The molecule has 0 saturated heterocycles. The van der Waals surface area contributed by atoms with Gasteiger partial charge in [-0.05, 0) is 36.6 Å². The van der Waals surface area contributed by atoms with Crippen LogP contribution in [0.15, 0.2) is 30.6 Å². The predicted octanol–water partition coefficient (Wildman–Crippen LogP) is 1.88. The van der Waals surface area contributed by atoms with E-state index in [-0.39, 0.29) is 5.82 Å². The first-order valence-electron chi connectivity index (χ1n) is 6.30. The minimum Gasteiger partial charge on any atom is -0.388 e. The minimum atomic E-state index is -0.544. The Morgan fingerprint density at radius 2 is 1.95 bits per heavy atom. The van der Waals surface area contributed by atoms with Crippen LogP contribution >= 0.6 is 0 Å². The highest BCUT2D eigenvalue weighted by Gasteiger charge is 2.06. The van der Waals surface area contributed by atoms with Crippen molar-refractivity contribution in [3.05, 3.63) is 58.9 Å². The molecule has 0 radical (unpaired) electrons. The van der Waals surface area contributed by atoms with Crippen LogP contribution in [-0.4, -0.2) is 27.5 Å². The van der Waals surface area contributed by atoms with E-state index < -0.39 is 12.4 Å². The summed E-state index contributed by atoms with van der Waals surface area (Å²) in [5, 5.41) is 8.73. The van der Waals surface area contributed by atoms with Crippen LogP contribution in [0.1, 0.15) is 27.3 Å². The van der Waals surface area contributed by atoms with Gasteiger partial charge in [-0.1, -0.05) is 6.07 Å². The van der Waals surface area contributed by atoms with Crippen molar-refractivity contribution in [1.29, 1.82) is 0 Å². The Morgan fingerprint density at radius 1 is 1.25 bits per heavy atom. The smallest absolute Gasteiger partial charge is 0.191 e. The molecule has 0 bridgehead atoms. The molecule has 0 atom stereocenters. The summed E-state index contributed by atoms with van der Waals surface area (Å²) >= 11 is 0. The number of ketones is 1. The standard InChI is InChI=1S/C15H15FN2O2/c1-10-6-13(16)4-2-11(10)3-5-15-17-7-12(8-18-15)14(20)9-19/h2,4,6-8,19H,3,5,9H2,1H3. The number of nitrogens with zero attached hydrogens (tertiary/aromatic N) is 2. The van der Waals surface area contributed by atoms with Crippen LogP contribution in [0, 0.1) is 12.7 Å². The van der Waals surface area contributed by atoms with E-state index in [1.54, 1.807) is 6.07 Å². The quantitative estimate of drug-likeness (QED) is 0.846. The summed E-state index contributed by atoms with van der Waals surface area (Å²) in [6.45, 7) is 1.32. The van der Waals surface area contributed by atoms with E-state index in [1.807, 2.05) is 6.92 Å². The summed E-state index contributed by atoms with van der Waals surface area (Å²) in [6.07, 6.45) is 4.15. The molecule has 4 nitrogen and oxygen atoms in total. The SMILES string of the molecule is Cc1cc(F)ccc1CCc1ncc(C(=O)CO)cn1. The molecule has 20 heavy (non-hydrogen) atoms. The minimum absolute atomic E-state index is 0.241. The van der Waals surface area contributed by atoms with Gasteiger partial charge in [0.2, 0.25) is 0 Å². The highest BCUT2D eigenvalue weighted by Crippen LogP contribution is 2.12. The largest absolute Gasteiger partial charge is 0.388 e. The number of benzene rings is 1. The van der Waals surface area contributed by atoms with Crippen LogP contribution < -0.4 is 0 Å². The van der Waals surface area contributed by atoms with Gasteiger partial charge in [0, 0.05) is 18.8 Å². The van der Waals surface area contributed by atoms with Gasteiger partial charge in [0.15, 0.2) is 5.78 Å². The zero-order chi connectivity index (χ0) is 14.5. The number of hydrogen-bond acceptors (Lipinski definition) is 4. The second-order valence-corrected chi connectivity index (χ2v) is 4.54. The van der Waals surface area contributed by atoms with Gasteiger partial charge < -0.3 is 5.11 Å². The molecule has 5 heteroatoms. The molecule has 0 unspecified atom stereocenters. The Bertz CT molecular complexity index is 612. The molecule has 2 aromatic rings. The summed E-state index contributed by atoms with van der Waals surface area (Å²) in [5.41, 5.74) is 2.25. The third kappa shape index (κ3) is 3.45. The summed E-state index contributed by atoms with van der Waals surface area (Å²) in [7, 11) is 0. The van der Waals surface area contributed by atoms with Gasteiger partial charge in [0.25, 0.3) is 0 Å². The van der Waals surface area contributed by atoms with Crippen LogP contribution in [0.4, 0.5) is 4.39 Å². The Kier molecular flexibility index (Phi) is 4.53. The van der Waals surface area contributed by atoms with Crippen LogP contribution in [0.3, 0.4) is 0 Å². The van der Waals surface area contributed by atoms with E-state index in [2.05, 4.69) is 9.97 Å². The first kappa shape index (κ1) is 14.3. The highest BCUT2D eigenvalue weighted by atomic mass is 19.1. The summed E-state index contributed by atoms with van der Waals surface area (Å²) in [6, 6.07) is 4.69. The Labute approximate surface area is 116 Å². The number of hydrogen-bond donors (Lipinski definition) is 1. The van der Waals surface area contributed by atoms with Crippen LogP contribution in [0.5, 0.6) is 0 Å².